The van der Waals surface area contributed by atoms with Gasteiger partial charge in [-0.1, -0.05) is 29.0 Å². The summed E-state index contributed by atoms with van der Waals surface area (Å²) >= 11 is 4.90. The second kappa shape index (κ2) is 12.3. The Morgan fingerprint density at radius 2 is 1.88 bits per heavy atom. The highest BCUT2D eigenvalue weighted by Gasteiger charge is 2.22. The standard InChI is InChI=1S/C23H27N3O2S3.ClH/c1-17-3-5-18(6-4-17)30-16-22(27)26(10-9-25-11-13-28-14-12-25)23-24-20-8-7-19(29-2)15-21(20)31-23;/h3-8,15H,9-14,16H2,1-2H3;1H. The topological polar surface area (TPSA) is 45.7 Å². The summed E-state index contributed by atoms with van der Waals surface area (Å²) in [5.74, 6) is 0.501. The molecule has 0 spiro atoms. The van der Waals surface area contributed by atoms with E-state index in [-0.39, 0.29) is 18.3 Å². The summed E-state index contributed by atoms with van der Waals surface area (Å²) in [4.78, 5) is 24.6. The number of anilines is 1. The zero-order valence-corrected chi connectivity index (χ0v) is 21.5. The molecule has 0 bridgehead atoms. The number of aromatic nitrogens is 1. The molecule has 9 heteroatoms. The largest absolute Gasteiger partial charge is 0.379 e. The van der Waals surface area contributed by atoms with Crippen molar-refractivity contribution in [2.24, 2.45) is 0 Å². The normalized spacial score (nSPS) is 14.3. The highest BCUT2D eigenvalue weighted by Crippen LogP contribution is 2.32. The van der Waals surface area contributed by atoms with E-state index in [2.05, 4.69) is 54.5 Å². The lowest BCUT2D eigenvalue weighted by molar-refractivity contribution is -0.116. The first-order valence-corrected chi connectivity index (χ1v) is 13.4. The molecule has 1 aliphatic heterocycles. The number of fused-ring (bicyclic) bond motifs is 1. The minimum atomic E-state index is 0. The fourth-order valence-electron chi connectivity index (χ4n) is 3.39. The second-order valence-electron chi connectivity index (χ2n) is 7.43. The molecule has 1 aromatic heterocycles. The molecule has 172 valence electrons. The molecule has 0 unspecified atom stereocenters. The van der Waals surface area contributed by atoms with Gasteiger partial charge in [0.25, 0.3) is 0 Å². The van der Waals surface area contributed by atoms with Crippen LogP contribution in [0.4, 0.5) is 5.13 Å². The molecule has 0 atom stereocenters. The first-order chi connectivity index (χ1) is 15.1. The number of carbonyl (C=O) groups is 1. The Morgan fingerprint density at radius 1 is 1.16 bits per heavy atom. The van der Waals surface area contributed by atoms with Gasteiger partial charge in [-0.25, -0.2) is 4.98 Å². The molecule has 1 amide bonds. The summed E-state index contributed by atoms with van der Waals surface area (Å²) in [5, 5.41) is 0.788. The Kier molecular flexibility index (Phi) is 9.70. The Bertz CT molecular complexity index is 1020. The van der Waals surface area contributed by atoms with E-state index in [0.717, 1.165) is 53.1 Å². The van der Waals surface area contributed by atoms with Crippen molar-refractivity contribution in [2.75, 3.05) is 56.3 Å². The van der Waals surface area contributed by atoms with E-state index in [4.69, 9.17) is 9.72 Å². The monoisotopic (exact) mass is 509 g/mol. The number of aryl methyl sites for hydroxylation is 1. The minimum Gasteiger partial charge on any atom is -0.379 e. The lowest BCUT2D eigenvalue weighted by Crippen LogP contribution is -2.43. The first-order valence-electron chi connectivity index (χ1n) is 10.4. The number of morpholine rings is 1. The van der Waals surface area contributed by atoms with Crippen molar-refractivity contribution in [1.82, 2.24) is 9.88 Å². The zero-order valence-electron chi connectivity index (χ0n) is 18.3. The first kappa shape index (κ1) is 25.3. The molecule has 3 aromatic rings. The molecule has 0 saturated carbocycles. The Balaban J connectivity index is 0.00000289. The number of thioether (sulfide) groups is 2. The highest BCUT2D eigenvalue weighted by atomic mass is 35.5. The number of rotatable bonds is 8. The summed E-state index contributed by atoms with van der Waals surface area (Å²) in [5.41, 5.74) is 2.18. The average molecular weight is 510 g/mol. The molecule has 5 nitrogen and oxygen atoms in total. The van der Waals surface area contributed by atoms with Gasteiger partial charge in [0.1, 0.15) is 0 Å². The summed E-state index contributed by atoms with van der Waals surface area (Å²) in [6.45, 7) is 6.89. The molecule has 2 heterocycles. The maximum atomic E-state index is 13.3. The van der Waals surface area contributed by atoms with Crippen molar-refractivity contribution in [1.29, 1.82) is 0 Å². The highest BCUT2D eigenvalue weighted by molar-refractivity contribution is 8.00. The summed E-state index contributed by atoms with van der Waals surface area (Å²) in [7, 11) is 0. The van der Waals surface area contributed by atoms with Crippen molar-refractivity contribution in [3.63, 3.8) is 0 Å². The van der Waals surface area contributed by atoms with Crippen LogP contribution in [-0.2, 0) is 9.53 Å². The third-order valence-electron chi connectivity index (χ3n) is 5.24. The van der Waals surface area contributed by atoms with Crippen LogP contribution in [0.5, 0.6) is 0 Å². The van der Waals surface area contributed by atoms with Gasteiger partial charge in [-0.2, -0.15) is 0 Å². The summed E-state index contributed by atoms with van der Waals surface area (Å²) in [6, 6.07) is 14.6. The van der Waals surface area contributed by atoms with Crippen molar-refractivity contribution < 1.29 is 9.53 Å². The third-order valence-corrected chi connectivity index (χ3v) is 8.01. The van der Waals surface area contributed by atoms with Crippen LogP contribution in [0.3, 0.4) is 0 Å². The molecule has 32 heavy (non-hydrogen) atoms. The molecule has 2 aromatic carbocycles. The lowest BCUT2D eigenvalue weighted by atomic mass is 10.2. The third kappa shape index (κ3) is 6.62. The number of benzene rings is 2. The van der Waals surface area contributed by atoms with Crippen molar-refractivity contribution in [3.8, 4) is 0 Å². The van der Waals surface area contributed by atoms with Gasteiger partial charge >= 0.3 is 0 Å². The molecule has 1 aliphatic rings. The number of hydrogen-bond donors (Lipinski definition) is 0. The Labute approximate surface area is 208 Å². The number of amides is 1. The van der Waals surface area contributed by atoms with Gasteiger partial charge in [-0.15, -0.1) is 35.9 Å². The van der Waals surface area contributed by atoms with Crippen LogP contribution in [0.25, 0.3) is 10.2 Å². The lowest BCUT2D eigenvalue weighted by Gasteiger charge is -2.29. The smallest absolute Gasteiger partial charge is 0.239 e. The number of hydrogen-bond acceptors (Lipinski definition) is 7. The van der Waals surface area contributed by atoms with E-state index < -0.39 is 0 Å². The zero-order chi connectivity index (χ0) is 21.6. The Morgan fingerprint density at radius 3 is 2.59 bits per heavy atom. The van der Waals surface area contributed by atoms with Gasteiger partial charge < -0.3 is 4.74 Å². The molecule has 0 aliphatic carbocycles. The predicted octanol–water partition coefficient (Wildman–Crippen LogP) is 5.21. The van der Waals surface area contributed by atoms with E-state index in [1.54, 1.807) is 34.9 Å². The van der Waals surface area contributed by atoms with Crippen LogP contribution >= 0.6 is 47.3 Å². The van der Waals surface area contributed by atoms with Crippen molar-refractivity contribution in [2.45, 2.75) is 16.7 Å². The van der Waals surface area contributed by atoms with Crippen LogP contribution in [0, 0.1) is 6.92 Å². The molecule has 0 radical (unpaired) electrons. The van der Waals surface area contributed by atoms with E-state index in [1.807, 2.05) is 11.0 Å². The quantitative estimate of drug-likeness (QED) is 0.389. The fraction of sp³-hybridized carbons (Fsp3) is 0.391. The van der Waals surface area contributed by atoms with E-state index in [9.17, 15) is 4.79 Å². The van der Waals surface area contributed by atoms with E-state index in [1.165, 1.54) is 10.5 Å². The predicted molar refractivity (Wildman–Crippen MR) is 140 cm³/mol. The maximum absolute atomic E-state index is 13.3. The summed E-state index contributed by atoms with van der Waals surface area (Å²) in [6.07, 6.45) is 2.07. The van der Waals surface area contributed by atoms with Crippen LogP contribution in [0.2, 0.25) is 0 Å². The Hall–Kier alpha value is -1.29. The van der Waals surface area contributed by atoms with Gasteiger partial charge in [0.15, 0.2) is 5.13 Å². The van der Waals surface area contributed by atoms with Crippen molar-refractivity contribution in [3.05, 3.63) is 48.0 Å². The van der Waals surface area contributed by atoms with Crippen molar-refractivity contribution >= 4 is 68.5 Å². The molecule has 1 fully saturated rings. The average Bonchev–Trinajstić information content (AvgIpc) is 3.22. The summed E-state index contributed by atoms with van der Waals surface area (Å²) < 4.78 is 6.58. The molecule has 1 saturated heterocycles. The van der Waals surface area contributed by atoms with Crippen LogP contribution < -0.4 is 4.90 Å². The molecular weight excluding hydrogens is 482 g/mol. The number of ether oxygens (including phenoxy) is 1. The minimum absolute atomic E-state index is 0. The molecular formula is C23H28ClN3O2S3. The van der Waals surface area contributed by atoms with Gasteiger partial charge in [-0.3, -0.25) is 14.6 Å². The number of thiazole rings is 1. The van der Waals surface area contributed by atoms with Gasteiger partial charge in [0.2, 0.25) is 5.91 Å². The molecule has 4 rings (SSSR count). The molecule has 0 N–H and O–H groups in total. The van der Waals surface area contributed by atoms with Gasteiger partial charge in [0.05, 0.1) is 29.2 Å². The number of carbonyl (C=O) groups excluding carboxylic acids is 1. The van der Waals surface area contributed by atoms with E-state index in [0.29, 0.717) is 12.3 Å². The fourth-order valence-corrected chi connectivity index (χ4v) is 5.72. The number of nitrogens with zero attached hydrogens (tertiary/aromatic N) is 3. The van der Waals surface area contributed by atoms with Crippen LogP contribution in [0.1, 0.15) is 5.56 Å². The maximum Gasteiger partial charge on any atom is 0.239 e. The second-order valence-corrected chi connectivity index (χ2v) is 10.4. The van der Waals surface area contributed by atoms with Crippen LogP contribution in [0.15, 0.2) is 52.3 Å². The number of halogens is 1. The van der Waals surface area contributed by atoms with E-state index >= 15 is 0 Å². The SMILES string of the molecule is CSc1ccc2nc(N(CCN3CCOCC3)C(=O)CSc3ccc(C)cc3)sc2c1.Cl. The van der Waals surface area contributed by atoms with Gasteiger partial charge in [-0.05, 0) is 43.5 Å². The van der Waals surface area contributed by atoms with Crippen LogP contribution in [-0.4, -0.2) is 67.2 Å². The van der Waals surface area contributed by atoms with Gasteiger partial charge in [0, 0.05) is 36.0 Å².